The van der Waals surface area contributed by atoms with Crippen LogP contribution in [-0.2, 0) is 0 Å². The molecule has 13 heavy (non-hydrogen) atoms. The number of benzene rings is 1. The van der Waals surface area contributed by atoms with Crippen molar-refractivity contribution in [3.8, 4) is 5.75 Å². The number of hydrogen-bond donors (Lipinski definition) is 1. The van der Waals surface area contributed by atoms with Gasteiger partial charge in [-0.25, -0.2) is 4.39 Å². The molecule has 0 aliphatic carbocycles. The lowest BCUT2D eigenvalue weighted by molar-refractivity contribution is 0.400. The molecule has 1 aromatic carbocycles. The van der Waals surface area contributed by atoms with E-state index < -0.39 is 0 Å². The van der Waals surface area contributed by atoms with E-state index in [-0.39, 0.29) is 11.9 Å². The van der Waals surface area contributed by atoms with E-state index in [0.29, 0.717) is 15.8 Å². The predicted octanol–water partition coefficient (Wildman–Crippen LogP) is 2.62. The third-order valence-corrected chi connectivity index (χ3v) is 2.19. The Morgan fingerprint density at radius 1 is 1.54 bits per heavy atom. The molecule has 1 aromatic rings. The Balaban J connectivity index is 3.30. The summed E-state index contributed by atoms with van der Waals surface area (Å²) >= 11 is 3.18. The summed E-state index contributed by atoms with van der Waals surface area (Å²) in [5, 5.41) is 0. The molecule has 1 rings (SSSR count). The van der Waals surface area contributed by atoms with Crippen molar-refractivity contribution in [2.24, 2.45) is 5.73 Å². The van der Waals surface area contributed by atoms with Crippen molar-refractivity contribution in [3.05, 3.63) is 28.0 Å². The third-order valence-electron chi connectivity index (χ3n) is 1.73. The molecule has 0 radical (unpaired) electrons. The summed E-state index contributed by atoms with van der Waals surface area (Å²) < 4.78 is 19.0. The molecule has 0 aromatic heterocycles. The van der Waals surface area contributed by atoms with Crippen LogP contribution in [0.3, 0.4) is 0 Å². The molecule has 0 saturated heterocycles. The molecule has 4 heteroatoms. The fourth-order valence-corrected chi connectivity index (χ4v) is 1.58. The molecular weight excluding hydrogens is 237 g/mol. The van der Waals surface area contributed by atoms with Gasteiger partial charge < -0.3 is 10.5 Å². The summed E-state index contributed by atoms with van der Waals surface area (Å²) in [6, 6.07) is 2.70. The van der Waals surface area contributed by atoms with E-state index in [1.165, 1.54) is 13.2 Å². The molecule has 0 spiro atoms. The van der Waals surface area contributed by atoms with Crippen molar-refractivity contribution in [2.45, 2.75) is 13.0 Å². The highest BCUT2D eigenvalue weighted by atomic mass is 79.9. The molecule has 0 saturated carbocycles. The molecule has 2 N–H and O–H groups in total. The summed E-state index contributed by atoms with van der Waals surface area (Å²) in [6.07, 6.45) is 0. The van der Waals surface area contributed by atoms with Crippen molar-refractivity contribution in [2.75, 3.05) is 7.11 Å². The molecule has 2 nitrogen and oxygen atoms in total. The Bertz CT molecular complexity index is 315. The number of rotatable bonds is 2. The Morgan fingerprint density at radius 2 is 2.15 bits per heavy atom. The van der Waals surface area contributed by atoms with Crippen LogP contribution >= 0.6 is 15.9 Å². The van der Waals surface area contributed by atoms with E-state index in [9.17, 15) is 4.39 Å². The van der Waals surface area contributed by atoms with Crippen molar-refractivity contribution >= 4 is 15.9 Å². The molecule has 1 atom stereocenters. The molecule has 0 aliphatic heterocycles. The first-order valence-corrected chi connectivity index (χ1v) is 4.64. The minimum Gasteiger partial charge on any atom is -0.496 e. The largest absolute Gasteiger partial charge is 0.496 e. The maximum Gasteiger partial charge on any atom is 0.132 e. The van der Waals surface area contributed by atoms with E-state index >= 15 is 0 Å². The van der Waals surface area contributed by atoms with Crippen molar-refractivity contribution in [1.29, 1.82) is 0 Å². The second kappa shape index (κ2) is 4.07. The van der Waals surface area contributed by atoms with Crippen LogP contribution in [0.5, 0.6) is 5.75 Å². The smallest absolute Gasteiger partial charge is 0.132 e. The predicted molar refractivity (Wildman–Crippen MR) is 53.3 cm³/mol. The molecule has 0 fully saturated rings. The number of ether oxygens (including phenoxy) is 1. The van der Waals surface area contributed by atoms with E-state index in [1.54, 1.807) is 13.0 Å². The molecular formula is C9H11BrFNO. The van der Waals surface area contributed by atoms with Gasteiger partial charge in [-0.3, -0.25) is 0 Å². The lowest BCUT2D eigenvalue weighted by Crippen LogP contribution is -2.09. The highest BCUT2D eigenvalue weighted by Gasteiger charge is 2.14. The molecule has 0 heterocycles. The Morgan fingerprint density at radius 3 is 2.62 bits per heavy atom. The lowest BCUT2D eigenvalue weighted by Gasteiger charge is -2.12. The van der Waals surface area contributed by atoms with E-state index in [0.717, 1.165) is 0 Å². The van der Waals surface area contributed by atoms with Crippen LogP contribution < -0.4 is 10.5 Å². The minimum absolute atomic E-state index is 0.346. The summed E-state index contributed by atoms with van der Waals surface area (Å²) in [7, 11) is 1.49. The second-order valence-electron chi connectivity index (χ2n) is 2.79. The van der Waals surface area contributed by atoms with E-state index in [1.807, 2.05) is 0 Å². The van der Waals surface area contributed by atoms with Crippen LogP contribution in [0.15, 0.2) is 16.6 Å². The highest BCUT2D eigenvalue weighted by molar-refractivity contribution is 9.10. The highest BCUT2D eigenvalue weighted by Crippen LogP contribution is 2.30. The van der Waals surface area contributed by atoms with Crippen LogP contribution in [0.4, 0.5) is 4.39 Å². The fourth-order valence-electron chi connectivity index (χ4n) is 1.17. The molecule has 72 valence electrons. The quantitative estimate of drug-likeness (QED) is 0.873. The third kappa shape index (κ3) is 2.19. The molecule has 0 bridgehead atoms. The first-order valence-electron chi connectivity index (χ1n) is 3.84. The number of hydrogen-bond acceptors (Lipinski definition) is 2. The van der Waals surface area contributed by atoms with E-state index in [2.05, 4.69) is 15.9 Å². The van der Waals surface area contributed by atoms with Gasteiger partial charge in [-0.15, -0.1) is 0 Å². The molecule has 0 aliphatic rings. The van der Waals surface area contributed by atoms with Crippen LogP contribution in [0.25, 0.3) is 0 Å². The summed E-state index contributed by atoms with van der Waals surface area (Å²) in [5.41, 5.74) is 6.01. The maximum absolute atomic E-state index is 13.4. The fraction of sp³-hybridized carbons (Fsp3) is 0.333. The van der Waals surface area contributed by atoms with Gasteiger partial charge in [0.05, 0.1) is 7.11 Å². The molecule has 0 amide bonds. The Labute approximate surface area is 85.0 Å². The van der Waals surface area contributed by atoms with Gasteiger partial charge in [0, 0.05) is 16.1 Å². The monoisotopic (exact) mass is 247 g/mol. The van der Waals surface area contributed by atoms with Gasteiger partial charge in [0.25, 0.3) is 0 Å². The van der Waals surface area contributed by atoms with Gasteiger partial charge in [0.1, 0.15) is 11.6 Å². The summed E-state index contributed by atoms with van der Waals surface area (Å²) in [6.45, 7) is 1.72. The average molecular weight is 248 g/mol. The zero-order valence-corrected chi connectivity index (χ0v) is 9.06. The van der Waals surface area contributed by atoms with Crippen LogP contribution in [0.2, 0.25) is 0 Å². The van der Waals surface area contributed by atoms with Crippen molar-refractivity contribution in [1.82, 2.24) is 0 Å². The number of halogens is 2. The van der Waals surface area contributed by atoms with Gasteiger partial charge in [-0.2, -0.15) is 0 Å². The maximum atomic E-state index is 13.4. The SMILES string of the molecule is COc1cc(Br)cc(F)c1[C@@H](C)N. The van der Waals surface area contributed by atoms with Crippen LogP contribution in [0.1, 0.15) is 18.5 Å². The average Bonchev–Trinajstić information content (AvgIpc) is 2.01. The van der Waals surface area contributed by atoms with Gasteiger partial charge >= 0.3 is 0 Å². The summed E-state index contributed by atoms with van der Waals surface area (Å²) in [4.78, 5) is 0. The summed E-state index contributed by atoms with van der Waals surface area (Å²) in [5.74, 6) is 0.128. The van der Waals surface area contributed by atoms with Gasteiger partial charge in [0.15, 0.2) is 0 Å². The lowest BCUT2D eigenvalue weighted by atomic mass is 10.1. The number of nitrogens with two attached hydrogens (primary N) is 1. The molecule has 0 unspecified atom stereocenters. The first-order chi connectivity index (χ1) is 6.06. The number of methoxy groups -OCH3 is 1. The van der Waals surface area contributed by atoms with Gasteiger partial charge in [-0.1, -0.05) is 15.9 Å². The van der Waals surface area contributed by atoms with Crippen molar-refractivity contribution < 1.29 is 9.13 Å². The van der Waals surface area contributed by atoms with Gasteiger partial charge in [0.2, 0.25) is 0 Å². The minimum atomic E-state index is -0.372. The second-order valence-corrected chi connectivity index (χ2v) is 3.71. The normalized spacial score (nSPS) is 12.7. The Kier molecular flexibility index (Phi) is 3.27. The van der Waals surface area contributed by atoms with Crippen molar-refractivity contribution in [3.63, 3.8) is 0 Å². The van der Waals surface area contributed by atoms with Gasteiger partial charge in [-0.05, 0) is 19.1 Å². The standard InChI is InChI=1S/C9H11BrFNO/c1-5(12)9-7(11)3-6(10)4-8(9)13-2/h3-5H,12H2,1-2H3/t5-/m1/s1. The van der Waals surface area contributed by atoms with E-state index in [4.69, 9.17) is 10.5 Å². The Hall–Kier alpha value is -0.610. The zero-order chi connectivity index (χ0) is 10.0. The first kappa shape index (κ1) is 10.5. The van der Waals surface area contributed by atoms with Crippen LogP contribution in [-0.4, -0.2) is 7.11 Å². The zero-order valence-electron chi connectivity index (χ0n) is 7.47. The van der Waals surface area contributed by atoms with Crippen LogP contribution in [0, 0.1) is 5.82 Å². The topological polar surface area (TPSA) is 35.2 Å².